The molecule has 0 spiro atoms. The number of nitrogens with two attached hydrogens (primary N) is 1. The van der Waals surface area contributed by atoms with Gasteiger partial charge >= 0.3 is 0 Å². The van der Waals surface area contributed by atoms with Crippen LogP contribution in [0.15, 0.2) is 48.5 Å². The lowest BCUT2D eigenvalue weighted by Gasteiger charge is -2.10. The highest BCUT2D eigenvalue weighted by atomic mass is 16.1. The molecule has 0 atom stereocenters. The van der Waals surface area contributed by atoms with Crippen LogP contribution < -0.4 is 11.1 Å². The van der Waals surface area contributed by atoms with Crippen LogP contribution in [0.2, 0.25) is 0 Å². The van der Waals surface area contributed by atoms with E-state index in [0.717, 1.165) is 24.0 Å². The molecule has 1 aliphatic rings. The summed E-state index contributed by atoms with van der Waals surface area (Å²) in [6, 6.07) is 16.4. The maximum absolute atomic E-state index is 12.3. The standard InChI is InChI=1S/C18H20N2O/c19-11-13-5-7-14(8-6-13)12-20-18(21)17-9-15-3-1-2-4-16(15)10-17/h1-8,17H,9-12,19H2,(H,20,21). The minimum atomic E-state index is 0.0747. The van der Waals surface area contributed by atoms with E-state index in [2.05, 4.69) is 17.4 Å². The molecule has 3 N–H and O–H groups in total. The average Bonchev–Trinajstić information content (AvgIpc) is 2.97. The van der Waals surface area contributed by atoms with Crippen molar-refractivity contribution >= 4 is 5.91 Å². The second-order valence-corrected chi connectivity index (χ2v) is 5.61. The van der Waals surface area contributed by atoms with Crippen LogP contribution >= 0.6 is 0 Å². The molecule has 0 unspecified atom stereocenters. The first-order valence-corrected chi connectivity index (χ1v) is 7.38. The first-order valence-electron chi connectivity index (χ1n) is 7.38. The van der Waals surface area contributed by atoms with Crippen LogP contribution in [0.3, 0.4) is 0 Å². The van der Waals surface area contributed by atoms with Gasteiger partial charge in [0.15, 0.2) is 0 Å². The Bertz CT molecular complexity index is 609. The van der Waals surface area contributed by atoms with E-state index in [-0.39, 0.29) is 11.8 Å². The summed E-state index contributed by atoms with van der Waals surface area (Å²) in [6.45, 7) is 1.13. The molecule has 0 bridgehead atoms. The third-order valence-corrected chi connectivity index (χ3v) is 4.15. The molecule has 0 aromatic heterocycles. The maximum Gasteiger partial charge on any atom is 0.224 e. The van der Waals surface area contributed by atoms with E-state index in [9.17, 15) is 4.79 Å². The Morgan fingerprint density at radius 2 is 1.57 bits per heavy atom. The van der Waals surface area contributed by atoms with Gasteiger partial charge in [0.05, 0.1) is 0 Å². The van der Waals surface area contributed by atoms with Crippen LogP contribution in [0.4, 0.5) is 0 Å². The summed E-state index contributed by atoms with van der Waals surface area (Å²) >= 11 is 0. The lowest BCUT2D eigenvalue weighted by Crippen LogP contribution is -2.30. The van der Waals surface area contributed by atoms with Crippen molar-refractivity contribution < 1.29 is 4.79 Å². The number of benzene rings is 2. The van der Waals surface area contributed by atoms with E-state index in [1.807, 2.05) is 36.4 Å². The van der Waals surface area contributed by atoms with E-state index < -0.39 is 0 Å². The van der Waals surface area contributed by atoms with Crippen LogP contribution in [0.25, 0.3) is 0 Å². The van der Waals surface area contributed by atoms with Crippen molar-refractivity contribution in [2.24, 2.45) is 11.7 Å². The number of nitrogens with one attached hydrogen (secondary N) is 1. The molecule has 0 heterocycles. The monoisotopic (exact) mass is 280 g/mol. The van der Waals surface area contributed by atoms with Crippen molar-refractivity contribution in [2.75, 3.05) is 0 Å². The fraction of sp³-hybridized carbons (Fsp3) is 0.278. The molecule has 1 aliphatic carbocycles. The van der Waals surface area contributed by atoms with E-state index in [1.54, 1.807) is 0 Å². The number of carbonyl (C=O) groups is 1. The zero-order valence-electron chi connectivity index (χ0n) is 12.0. The van der Waals surface area contributed by atoms with Crippen molar-refractivity contribution in [3.05, 3.63) is 70.8 Å². The van der Waals surface area contributed by atoms with E-state index >= 15 is 0 Å². The molecule has 108 valence electrons. The van der Waals surface area contributed by atoms with Gasteiger partial charge in [-0.1, -0.05) is 48.5 Å². The molecule has 0 fully saturated rings. The summed E-state index contributed by atoms with van der Waals surface area (Å²) in [6.07, 6.45) is 1.71. The fourth-order valence-corrected chi connectivity index (χ4v) is 2.87. The van der Waals surface area contributed by atoms with Crippen LogP contribution in [-0.2, 0) is 30.7 Å². The summed E-state index contributed by atoms with van der Waals surface area (Å²) in [5.74, 6) is 0.222. The van der Waals surface area contributed by atoms with Gasteiger partial charge in [0.1, 0.15) is 0 Å². The normalized spacial score (nSPS) is 14.0. The summed E-state index contributed by atoms with van der Waals surface area (Å²) in [5, 5.41) is 3.04. The molecule has 0 radical (unpaired) electrons. The number of carbonyl (C=O) groups excluding carboxylic acids is 1. The van der Waals surface area contributed by atoms with Gasteiger partial charge in [0.25, 0.3) is 0 Å². The third-order valence-electron chi connectivity index (χ3n) is 4.15. The Morgan fingerprint density at radius 1 is 1.00 bits per heavy atom. The highest BCUT2D eigenvalue weighted by Gasteiger charge is 2.26. The lowest BCUT2D eigenvalue weighted by atomic mass is 10.1. The number of rotatable bonds is 4. The van der Waals surface area contributed by atoms with Gasteiger partial charge in [0.2, 0.25) is 5.91 Å². The molecule has 2 aromatic rings. The predicted octanol–water partition coefficient (Wildman–Crippen LogP) is 2.18. The highest BCUT2D eigenvalue weighted by Crippen LogP contribution is 2.26. The van der Waals surface area contributed by atoms with Gasteiger partial charge in [-0.3, -0.25) is 4.79 Å². The van der Waals surface area contributed by atoms with E-state index in [4.69, 9.17) is 5.73 Å². The summed E-state index contributed by atoms with van der Waals surface area (Å²) in [7, 11) is 0. The number of hydrogen-bond acceptors (Lipinski definition) is 2. The summed E-state index contributed by atoms with van der Waals surface area (Å²) < 4.78 is 0. The molecule has 0 saturated carbocycles. The number of fused-ring (bicyclic) bond motifs is 1. The smallest absolute Gasteiger partial charge is 0.224 e. The first-order chi connectivity index (χ1) is 10.3. The van der Waals surface area contributed by atoms with Crippen molar-refractivity contribution in [1.29, 1.82) is 0 Å². The highest BCUT2D eigenvalue weighted by molar-refractivity contribution is 5.80. The van der Waals surface area contributed by atoms with Crippen molar-refractivity contribution in [3.63, 3.8) is 0 Å². The van der Waals surface area contributed by atoms with E-state index in [0.29, 0.717) is 13.1 Å². The van der Waals surface area contributed by atoms with Crippen molar-refractivity contribution in [3.8, 4) is 0 Å². The Hall–Kier alpha value is -2.13. The van der Waals surface area contributed by atoms with Crippen LogP contribution in [0.1, 0.15) is 22.3 Å². The Labute approximate surface area is 125 Å². The lowest BCUT2D eigenvalue weighted by molar-refractivity contribution is -0.124. The molecule has 3 heteroatoms. The summed E-state index contributed by atoms with van der Waals surface area (Å²) in [5.41, 5.74) is 10.4. The molecule has 1 amide bonds. The molecule has 0 saturated heterocycles. The number of hydrogen-bond donors (Lipinski definition) is 2. The third kappa shape index (κ3) is 3.14. The largest absolute Gasteiger partial charge is 0.352 e. The number of amides is 1. The molecular formula is C18H20N2O. The minimum Gasteiger partial charge on any atom is -0.352 e. The zero-order chi connectivity index (χ0) is 14.7. The second-order valence-electron chi connectivity index (χ2n) is 5.61. The molecule has 2 aromatic carbocycles. The average molecular weight is 280 g/mol. The van der Waals surface area contributed by atoms with E-state index in [1.165, 1.54) is 11.1 Å². The van der Waals surface area contributed by atoms with Gasteiger partial charge in [-0.25, -0.2) is 0 Å². The van der Waals surface area contributed by atoms with Crippen molar-refractivity contribution in [1.82, 2.24) is 5.32 Å². The minimum absolute atomic E-state index is 0.0747. The molecule has 3 rings (SSSR count). The van der Waals surface area contributed by atoms with Gasteiger partial charge in [-0.2, -0.15) is 0 Å². The van der Waals surface area contributed by atoms with Crippen LogP contribution in [0, 0.1) is 5.92 Å². The topological polar surface area (TPSA) is 55.1 Å². The fourth-order valence-electron chi connectivity index (χ4n) is 2.87. The zero-order valence-corrected chi connectivity index (χ0v) is 12.0. The van der Waals surface area contributed by atoms with Gasteiger partial charge in [0, 0.05) is 19.0 Å². The first kappa shape index (κ1) is 13.8. The quantitative estimate of drug-likeness (QED) is 0.902. The second kappa shape index (κ2) is 6.10. The predicted molar refractivity (Wildman–Crippen MR) is 83.5 cm³/mol. The van der Waals surface area contributed by atoms with Crippen molar-refractivity contribution in [2.45, 2.75) is 25.9 Å². The molecule has 21 heavy (non-hydrogen) atoms. The van der Waals surface area contributed by atoms with Gasteiger partial charge in [-0.05, 0) is 35.1 Å². The molecule has 0 aliphatic heterocycles. The Balaban J connectivity index is 1.55. The molecule has 3 nitrogen and oxygen atoms in total. The van der Waals surface area contributed by atoms with Gasteiger partial charge < -0.3 is 11.1 Å². The maximum atomic E-state index is 12.3. The van der Waals surface area contributed by atoms with Crippen LogP contribution in [-0.4, -0.2) is 5.91 Å². The SMILES string of the molecule is NCc1ccc(CNC(=O)C2Cc3ccccc3C2)cc1. The van der Waals surface area contributed by atoms with Crippen LogP contribution in [0.5, 0.6) is 0 Å². The Kier molecular flexibility index (Phi) is 4.02. The summed E-state index contributed by atoms with van der Waals surface area (Å²) in [4.78, 5) is 12.3. The molecular weight excluding hydrogens is 260 g/mol. The Morgan fingerprint density at radius 3 is 2.14 bits per heavy atom. The van der Waals surface area contributed by atoms with Gasteiger partial charge in [-0.15, -0.1) is 0 Å².